The minimum Gasteiger partial charge on any atom is -0.497 e. The molecule has 1 aromatic rings. The van der Waals surface area contributed by atoms with Gasteiger partial charge in [0.1, 0.15) is 5.75 Å². The van der Waals surface area contributed by atoms with Gasteiger partial charge in [-0.15, -0.1) is 0 Å². The minimum absolute atomic E-state index is 0.117. The standard InChI is InChI=1S/C11H13NO6/c1-3-9(11(13)14)18-10-6-7(17-2)4-5-8(10)12(15)16/h4-6,9H,3H2,1-2H3,(H,13,14). The van der Waals surface area contributed by atoms with Gasteiger partial charge in [-0.3, -0.25) is 10.1 Å². The molecule has 0 aromatic heterocycles. The van der Waals surface area contributed by atoms with Gasteiger partial charge in [-0.05, 0) is 12.5 Å². The number of nitrogens with zero attached hydrogens (tertiary/aromatic N) is 1. The van der Waals surface area contributed by atoms with E-state index in [0.717, 1.165) is 0 Å². The summed E-state index contributed by atoms with van der Waals surface area (Å²) in [6, 6.07) is 3.92. The molecule has 18 heavy (non-hydrogen) atoms. The highest BCUT2D eigenvalue weighted by Crippen LogP contribution is 2.32. The highest BCUT2D eigenvalue weighted by atomic mass is 16.6. The molecular formula is C11H13NO6. The molecule has 0 radical (unpaired) electrons. The average Bonchev–Trinajstić information content (AvgIpc) is 2.34. The van der Waals surface area contributed by atoms with E-state index in [-0.39, 0.29) is 17.9 Å². The van der Waals surface area contributed by atoms with Crippen LogP contribution in [0.2, 0.25) is 0 Å². The zero-order valence-corrected chi connectivity index (χ0v) is 9.95. The first-order chi connectivity index (χ1) is 8.49. The number of aliphatic carboxylic acids is 1. The second-order valence-corrected chi connectivity index (χ2v) is 3.44. The lowest BCUT2D eigenvalue weighted by molar-refractivity contribution is -0.386. The smallest absolute Gasteiger partial charge is 0.344 e. The van der Waals surface area contributed by atoms with Gasteiger partial charge in [-0.25, -0.2) is 4.79 Å². The zero-order valence-electron chi connectivity index (χ0n) is 9.95. The average molecular weight is 255 g/mol. The van der Waals surface area contributed by atoms with Crippen molar-refractivity contribution in [3.63, 3.8) is 0 Å². The Kier molecular flexibility index (Phi) is 4.47. The Balaban J connectivity index is 3.11. The number of hydrogen-bond acceptors (Lipinski definition) is 5. The van der Waals surface area contributed by atoms with Crippen LogP contribution in [0.3, 0.4) is 0 Å². The van der Waals surface area contributed by atoms with Gasteiger partial charge >= 0.3 is 11.7 Å². The molecule has 0 amide bonds. The summed E-state index contributed by atoms with van der Waals surface area (Å²) in [7, 11) is 1.40. The lowest BCUT2D eigenvalue weighted by Crippen LogP contribution is -2.26. The molecule has 0 aliphatic carbocycles. The molecule has 0 saturated heterocycles. The molecule has 7 nitrogen and oxygen atoms in total. The third kappa shape index (κ3) is 3.09. The van der Waals surface area contributed by atoms with Crippen molar-refractivity contribution in [3.05, 3.63) is 28.3 Å². The third-order valence-electron chi connectivity index (χ3n) is 2.28. The van der Waals surface area contributed by atoms with E-state index in [1.165, 1.54) is 25.3 Å². The molecule has 1 aromatic carbocycles. The molecule has 0 saturated carbocycles. The van der Waals surface area contributed by atoms with Crippen LogP contribution >= 0.6 is 0 Å². The number of benzene rings is 1. The van der Waals surface area contributed by atoms with Gasteiger partial charge in [0.15, 0.2) is 6.10 Å². The number of carboxylic acids is 1. The molecule has 0 spiro atoms. The van der Waals surface area contributed by atoms with Crippen LogP contribution in [0.5, 0.6) is 11.5 Å². The fourth-order valence-corrected chi connectivity index (χ4v) is 1.33. The second-order valence-electron chi connectivity index (χ2n) is 3.44. The van der Waals surface area contributed by atoms with Crippen LogP contribution in [0.25, 0.3) is 0 Å². The maximum atomic E-state index is 10.8. The van der Waals surface area contributed by atoms with Gasteiger partial charge in [0.2, 0.25) is 5.75 Å². The molecule has 0 bridgehead atoms. The fraction of sp³-hybridized carbons (Fsp3) is 0.364. The number of carboxylic acid groups (broad SMARTS) is 1. The molecule has 0 aliphatic rings. The van der Waals surface area contributed by atoms with E-state index in [0.29, 0.717) is 5.75 Å². The molecule has 1 N–H and O–H groups in total. The van der Waals surface area contributed by atoms with E-state index < -0.39 is 17.0 Å². The lowest BCUT2D eigenvalue weighted by atomic mass is 10.2. The van der Waals surface area contributed by atoms with E-state index in [1.54, 1.807) is 6.92 Å². The van der Waals surface area contributed by atoms with Crippen molar-refractivity contribution in [1.82, 2.24) is 0 Å². The summed E-state index contributed by atoms with van der Waals surface area (Å²) in [5.74, 6) is -0.931. The quantitative estimate of drug-likeness (QED) is 0.615. The molecule has 98 valence electrons. The van der Waals surface area contributed by atoms with Crippen molar-refractivity contribution in [2.45, 2.75) is 19.4 Å². The zero-order chi connectivity index (χ0) is 13.7. The summed E-state index contributed by atoms with van der Waals surface area (Å²) in [5, 5.41) is 19.7. The van der Waals surface area contributed by atoms with Crippen LogP contribution in [-0.4, -0.2) is 29.2 Å². The summed E-state index contributed by atoms with van der Waals surface area (Å²) >= 11 is 0. The van der Waals surface area contributed by atoms with E-state index in [9.17, 15) is 14.9 Å². The van der Waals surface area contributed by atoms with Gasteiger partial charge in [0.05, 0.1) is 12.0 Å². The second kappa shape index (κ2) is 5.85. The molecule has 0 heterocycles. The molecule has 0 aliphatic heterocycles. The lowest BCUT2D eigenvalue weighted by Gasteiger charge is -2.13. The van der Waals surface area contributed by atoms with Gasteiger partial charge in [-0.2, -0.15) is 0 Å². The Hall–Kier alpha value is -2.31. The number of nitro benzene ring substituents is 1. The highest BCUT2D eigenvalue weighted by Gasteiger charge is 2.23. The summed E-state index contributed by atoms with van der Waals surface area (Å²) in [6.07, 6.45) is -0.931. The SMILES string of the molecule is CCC(Oc1cc(OC)ccc1[N+](=O)[O-])C(=O)O. The molecule has 0 fully saturated rings. The topological polar surface area (TPSA) is 98.9 Å². The highest BCUT2D eigenvalue weighted by molar-refractivity contribution is 5.73. The van der Waals surface area contributed by atoms with Crippen molar-refractivity contribution in [3.8, 4) is 11.5 Å². The Bertz CT molecular complexity index is 459. The number of methoxy groups -OCH3 is 1. The third-order valence-corrected chi connectivity index (χ3v) is 2.28. The first-order valence-corrected chi connectivity index (χ1v) is 5.21. The number of hydrogen-bond donors (Lipinski definition) is 1. The first kappa shape index (κ1) is 13.8. The van der Waals surface area contributed by atoms with Gasteiger partial charge in [0, 0.05) is 12.1 Å². The number of carbonyl (C=O) groups is 1. The van der Waals surface area contributed by atoms with Crippen LogP contribution in [0.1, 0.15) is 13.3 Å². The largest absolute Gasteiger partial charge is 0.497 e. The van der Waals surface area contributed by atoms with Crippen LogP contribution < -0.4 is 9.47 Å². The van der Waals surface area contributed by atoms with Crippen LogP contribution in [0.4, 0.5) is 5.69 Å². The number of ether oxygens (including phenoxy) is 2. The van der Waals surface area contributed by atoms with Crippen LogP contribution in [0, 0.1) is 10.1 Å². The maximum Gasteiger partial charge on any atom is 0.344 e. The van der Waals surface area contributed by atoms with Crippen molar-refractivity contribution >= 4 is 11.7 Å². The number of nitro groups is 1. The van der Waals surface area contributed by atoms with Crippen LogP contribution in [-0.2, 0) is 4.79 Å². The van der Waals surface area contributed by atoms with Crippen molar-refractivity contribution < 1.29 is 24.3 Å². The Morgan fingerprint density at radius 2 is 2.22 bits per heavy atom. The first-order valence-electron chi connectivity index (χ1n) is 5.21. The van der Waals surface area contributed by atoms with E-state index >= 15 is 0 Å². The maximum absolute atomic E-state index is 10.8. The van der Waals surface area contributed by atoms with Crippen molar-refractivity contribution in [2.24, 2.45) is 0 Å². The monoisotopic (exact) mass is 255 g/mol. The van der Waals surface area contributed by atoms with Crippen molar-refractivity contribution in [2.75, 3.05) is 7.11 Å². The van der Waals surface area contributed by atoms with E-state index in [1.807, 2.05) is 0 Å². The van der Waals surface area contributed by atoms with Gasteiger partial charge < -0.3 is 14.6 Å². The Labute approximate surface area is 103 Å². The van der Waals surface area contributed by atoms with E-state index in [4.69, 9.17) is 14.6 Å². The number of rotatable bonds is 6. The molecule has 7 heteroatoms. The Morgan fingerprint density at radius 3 is 2.67 bits per heavy atom. The summed E-state index contributed by atoms with van der Waals surface area (Å²) in [6.45, 7) is 1.62. The van der Waals surface area contributed by atoms with Gasteiger partial charge in [0.25, 0.3) is 0 Å². The summed E-state index contributed by atoms with van der Waals surface area (Å²) in [5.41, 5.74) is -0.296. The van der Waals surface area contributed by atoms with Gasteiger partial charge in [-0.1, -0.05) is 6.92 Å². The predicted octanol–water partition coefficient (Wildman–Crippen LogP) is 1.85. The Morgan fingerprint density at radius 1 is 1.56 bits per heavy atom. The summed E-state index contributed by atoms with van der Waals surface area (Å²) < 4.78 is 10.1. The van der Waals surface area contributed by atoms with E-state index in [2.05, 4.69) is 0 Å². The molecule has 1 atom stereocenters. The molecule has 1 rings (SSSR count). The summed E-state index contributed by atoms with van der Waals surface area (Å²) in [4.78, 5) is 21.0. The molecule has 1 unspecified atom stereocenters. The predicted molar refractivity (Wildman–Crippen MR) is 62.0 cm³/mol. The van der Waals surface area contributed by atoms with Crippen LogP contribution in [0.15, 0.2) is 18.2 Å². The normalized spacial score (nSPS) is 11.7. The van der Waals surface area contributed by atoms with Crippen molar-refractivity contribution in [1.29, 1.82) is 0 Å². The molecular weight excluding hydrogens is 242 g/mol. The fourth-order valence-electron chi connectivity index (χ4n) is 1.33. The minimum atomic E-state index is -1.17.